The molecule has 25 heavy (non-hydrogen) atoms. The minimum Gasteiger partial charge on any atom is -0.370 e. The van der Waals surface area contributed by atoms with Gasteiger partial charge in [-0.25, -0.2) is 4.68 Å². The van der Waals surface area contributed by atoms with Gasteiger partial charge in [-0.2, -0.15) is 0 Å². The smallest absolute Gasteiger partial charge is 0.234 e. The van der Waals surface area contributed by atoms with Gasteiger partial charge in [-0.3, -0.25) is 9.69 Å². The van der Waals surface area contributed by atoms with Crippen molar-refractivity contribution in [2.24, 2.45) is 0 Å². The van der Waals surface area contributed by atoms with Gasteiger partial charge in [0, 0.05) is 19.6 Å². The molecule has 132 valence electrons. The summed E-state index contributed by atoms with van der Waals surface area (Å²) in [6.45, 7) is 5.23. The van der Waals surface area contributed by atoms with E-state index in [2.05, 4.69) is 33.5 Å². The van der Waals surface area contributed by atoms with Crippen molar-refractivity contribution in [3.63, 3.8) is 0 Å². The van der Waals surface area contributed by atoms with Crippen molar-refractivity contribution in [1.29, 1.82) is 0 Å². The first-order valence-electron chi connectivity index (χ1n) is 8.75. The Labute approximate surface area is 147 Å². The number of rotatable bonds is 4. The molecule has 2 atom stereocenters. The molecular weight excluding hydrogens is 318 g/mol. The lowest BCUT2D eigenvalue weighted by Gasteiger charge is -2.40. The first kappa shape index (κ1) is 16.2. The zero-order valence-electron chi connectivity index (χ0n) is 14.4. The second kappa shape index (κ2) is 6.93. The van der Waals surface area contributed by atoms with Crippen LogP contribution in [-0.2, 0) is 22.7 Å². The highest BCUT2D eigenvalue weighted by molar-refractivity contribution is 5.78. The van der Waals surface area contributed by atoms with Crippen LogP contribution >= 0.6 is 0 Å². The van der Waals surface area contributed by atoms with Crippen LogP contribution in [-0.4, -0.2) is 51.5 Å². The fourth-order valence-electron chi connectivity index (χ4n) is 3.65. The predicted molar refractivity (Wildman–Crippen MR) is 91.7 cm³/mol. The van der Waals surface area contributed by atoms with E-state index in [1.165, 1.54) is 5.56 Å². The summed E-state index contributed by atoms with van der Waals surface area (Å²) in [5.74, 6) is 0.0530. The van der Waals surface area contributed by atoms with Crippen LogP contribution in [0.2, 0.25) is 0 Å². The lowest BCUT2D eigenvalue weighted by atomic mass is 10.0. The molecular formula is C18H23N5O2. The van der Waals surface area contributed by atoms with Gasteiger partial charge in [0.2, 0.25) is 5.91 Å². The van der Waals surface area contributed by atoms with Gasteiger partial charge < -0.3 is 10.1 Å². The molecule has 1 fully saturated rings. The van der Waals surface area contributed by atoms with E-state index in [9.17, 15) is 4.79 Å². The Bertz CT molecular complexity index is 759. The summed E-state index contributed by atoms with van der Waals surface area (Å²) in [5.41, 5.74) is 3.36. The van der Waals surface area contributed by atoms with Gasteiger partial charge in [0.15, 0.2) is 0 Å². The zero-order valence-corrected chi connectivity index (χ0v) is 14.4. The SMILES string of the molecule is Cc1ccccc1CNC(=O)CN1CC[C@@H]2OCc3cnnn3[C@@H]2C1. The molecule has 0 aliphatic carbocycles. The van der Waals surface area contributed by atoms with Crippen molar-refractivity contribution < 1.29 is 9.53 Å². The number of hydrogen-bond acceptors (Lipinski definition) is 5. The molecule has 1 aromatic heterocycles. The van der Waals surface area contributed by atoms with E-state index >= 15 is 0 Å². The number of nitrogens with zero attached hydrogens (tertiary/aromatic N) is 4. The van der Waals surface area contributed by atoms with Gasteiger partial charge in [0.1, 0.15) is 0 Å². The number of carbonyl (C=O) groups excluding carboxylic acids is 1. The minimum atomic E-state index is 0.0530. The van der Waals surface area contributed by atoms with Crippen LogP contribution in [0, 0.1) is 6.92 Å². The molecule has 0 saturated carbocycles. The Balaban J connectivity index is 1.33. The molecule has 1 N–H and O–H groups in total. The Morgan fingerprint density at radius 1 is 1.40 bits per heavy atom. The van der Waals surface area contributed by atoms with Crippen LogP contribution in [0.5, 0.6) is 0 Å². The van der Waals surface area contributed by atoms with Gasteiger partial charge in [-0.05, 0) is 24.5 Å². The van der Waals surface area contributed by atoms with Crippen molar-refractivity contribution >= 4 is 5.91 Å². The number of nitrogens with one attached hydrogen (secondary N) is 1. The van der Waals surface area contributed by atoms with Crippen molar-refractivity contribution in [2.45, 2.75) is 38.6 Å². The lowest BCUT2D eigenvalue weighted by molar-refractivity contribution is -0.124. The number of likely N-dealkylation sites (tertiary alicyclic amines) is 1. The van der Waals surface area contributed by atoms with E-state index < -0.39 is 0 Å². The van der Waals surface area contributed by atoms with E-state index in [1.807, 2.05) is 22.9 Å². The summed E-state index contributed by atoms with van der Waals surface area (Å²) in [7, 11) is 0. The molecule has 2 aromatic rings. The Kier molecular flexibility index (Phi) is 4.50. The van der Waals surface area contributed by atoms with E-state index in [0.717, 1.165) is 30.8 Å². The highest BCUT2D eigenvalue weighted by Gasteiger charge is 2.36. The largest absolute Gasteiger partial charge is 0.370 e. The van der Waals surface area contributed by atoms with Crippen LogP contribution in [0.4, 0.5) is 0 Å². The van der Waals surface area contributed by atoms with Gasteiger partial charge >= 0.3 is 0 Å². The molecule has 2 aliphatic heterocycles. The fourth-order valence-corrected chi connectivity index (χ4v) is 3.65. The third kappa shape index (κ3) is 3.43. The first-order valence-corrected chi connectivity index (χ1v) is 8.75. The molecule has 3 heterocycles. The molecule has 4 rings (SSSR count). The summed E-state index contributed by atoms with van der Waals surface area (Å²) in [6.07, 6.45) is 2.83. The molecule has 1 saturated heterocycles. The molecule has 0 unspecified atom stereocenters. The van der Waals surface area contributed by atoms with E-state index in [-0.39, 0.29) is 18.1 Å². The number of ether oxygens (including phenoxy) is 1. The van der Waals surface area contributed by atoms with Gasteiger partial charge in [-0.1, -0.05) is 29.5 Å². The number of aromatic nitrogens is 3. The van der Waals surface area contributed by atoms with Crippen LogP contribution < -0.4 is 5.32 Å². The summed E-state index contributed by atoms with van der Waals surface area (Å²) >= 11 is 0. The first-order chi connectivity index (χ1) is 12.2. The predicted octanol–water partition coefficient (Wildman–Crippen LogP) is 1.05. The molecule has 0 spiro atoms. The Morgan fingerprint density at radius 2 is 2.28 bits per heavy atom. The van der Waals surface area contributed by atoms with Crippen molar-refractivity contribution in [2.75, 3.05) is 19.6 Å². The normalized spacial score (nSPS) is 22.9. The lowest BCUT2D eigenvalue weighted by Crippen LogP contribution is -2.50. The number of aryl methyl sites for hydroxylation is 1. The van der Waals surface area contributed by atoms with Crippen molar-refractivity contribution in [3.8, 4) is 0 Å². The third-order valence-electron chi connectivity index (χ3n) is 5.12. The van der Waals surface area contributed by atoms with Crippen LogP contribution in [0.3, 0.4) is 0 Å². The molecule has 7 nitrogen and oxygen atoms in total. The van der Waals surface area contributed by atoms with E-state index in [1.54, 1.807) is 6.20 Å². The summed E-state index contributed by atoms with van der Waals surface area (Å²) in [6, 6.07) is 8.26. The number of fused-ring (bicyclic) bond motifs is 3. The highest BCUT2D eigenvalue weighted by atomic mass is 16.5. The maximum Gasteiger partial charge on any atom is 0.234 e. The quantitative estimate of drug-likeness (QED) is 0.900. The number of benzene rings is 1. The highest BCUT2D eigenvalue weighted by Crippen LogP contribution is 2.29. The second-order valence-electron chi connectivity index (χ2n) is 6.81. The number of carbonyl (C=O) groups is 1. The van der Waals surface area contributed by atoms with Gasteiger partial charge in [0.05, 0.1) is 37.2 Å². The maximum atomic E-state index is 12.3. The molecule has 1 aromatic carbocycles. The zero-order chi connectivity index (χ0) is 17.2. The van der Waals surface area contributed by atoms with E-state index in [0.29, 0.717) is 19.7 Å². The van der Waals surface area contributed by atoms with Gasteiger partial charge in [0.25, 0.3) is 0 Å². The monoisotopic (exact) mass is 341 g/mol. The fraction of sp³-hybridized carbons (Fsp3) is 0.500. The summed E-state index contributed by atoms with van der Waals surface area (Å²) < 4.78 is 7.87. The number of hydrogen-bond donors (Lipinski definition) is 1. The average Bonchev–Trinajstić information content (AvgIpc) is 3.10. The third-order valence-corrected chi connectivity index (χ3v) is 5.12. The number of amides is 1. The Morgan fingerprint density at radius 3 is 3.16 bits per heavy atom. The summed E-state index contributed by atoms with van der Waals surface area (Å²) in [4.78, 5) is 14.5. The molecule has 2 aliphatic rings. The summed E-state index contributed by atoms with van der Waals surface area (Å²) in [5, 5.41) is 11.2. The molecule has 7 heteroatoms. The van der Waals surface area contributed by atoms with E-state index in [4.69, 9.17) is 4.74 Å². The Hall–Kier alpha value is -2.25. The molecule has 0 radical (unpaired) electrons. The van der Waals surface area contributed by atoms with Crippen LogP contribution in [0.15, 0.2) is 30.5 Å². The maximum absolute atomic E-state index is 12.3. The number of piperidine rings is 1. The standard InChI is InChI=1S/C18H23N5O2/c1-13-4-2-3-5-14(13)8-19-18(24)11-22-7-6-17-16(10-22)23-15(12-25-17)9-20-21-23/h2-5,9,16-17H,6-8,10-12H2,1H3,(H,19,24)/t16-,17+/m1/s1. The molecule has 0 bridgehead atoms. The van der Waals surface area contributed by atoms with Crippen molar-refractivity contribution in [3.05, 3.63) is 47.3 Å². The van der Waals surface area contributed by atoms with Crippen LogP contribution in [0.1, 0.15) is 29.3 Å². The average molecular weight is 341 g/mol. The second-order valence-corrected chi connectivity index (χ2v) is 6.81. The topological polar surface area (TPSA) is 72.3 Å². The molecule has 1 amide bonds. The van der Waals surface area contributed by atoms with Crippen molar-refractivity contribution in [1.82, 2.24) is 25.2 Å². The minimum absolute atomic E-state index is 0.0530. The van der Waals surface area contributed by atoms with Gasteiger partial charge in [-0.15, -0.1) is 5.10 Å². The van der Waals surface area contributed by atoms with Crippen LogP contribution in [0.25, 0.3) is 0 Å².